The smallest absolute Gasteiger partial charge is 0.159 e. The van der Waals surface area contributed by atoms with Gasteiger partial charge in [-0.2, -0.15) is 0 Å². The number of fused-ring (bicyclic) bond motifs is 1. The summed E-state index contributed by atoms with van der Waals surface area (Å²) in [7, 11) is 0. The van der Waals surface area contributed by atoms with Gasteiger partial charge in [-0.15, -0.1) is 0 Å². The zero-order valence-electron chi connectivity index (χ0n) is 12.8. The molecule has 0 aromatic heterocycles. The van der Waals surface area contributed by atoms with E-state index in [2.05, 4.69) is 11.8 Å². The van der Waals surface area contributed by atoms with Crippen molar-refractivity contribution in [3.8, 4) is 11.5 Å². The molecule has 0 spiro atoms. The maximum atomic E-state index is 9.79. The fourth-order valence-corrected chi connectivity index (χ4v) is 3.37. The number of hydrogen-bond donors (Lipinski definition) is 1. The van der Waals surface area contributed by atoms with Crippen LogP contribution < -0.4 is 4.74 Å². The van der Waals surface area contributed by atoms with E-state index in [0.29, 0.717) is 11.7 Å². The molecule has 0 unspecified atom stereocenters. The third-order valence-corrected chi connectivity index (χ3v) is 4.51. The summed E-state index contributed by atoms with van der Waals surface area (Å²) >= 11 is 0. The summed E-state index contributed by atoms with van der Waals surface area (Å²) in [5.41, 5.74) is 1.17. The van der Waals surface area contributed by atoms with Crippen LogP contribution in [-0.4, -0.2) is 42.5 Å². The first-order valence-corrected chi connectivity index (χ1v) is 8.11. The number of rotatable bonds is 5. The van der Waals surface area contributed by atoms with E-state index in [1.165, 1.54) is 24.8 Å². The zero-order valence-corrected chi connectivity index (χ0v) is 12.8. The van der Waals surface area contributed by atoms with Crippen molar-refractivity contribution in [1.29, 1.82) is 0 Å². The lowest BCUT2D eigenvalue weighted by Gasteiger charge is -2.34. The Balaban J connectivity index is 1.79. The number of hydrogen-bond acceptors (Lipinski definition) is 4. The second kappa shape index (κ2) is 6.67. The van der Waals surface area contributed by atoms with Gasteiger partial charge >= 0.3 is 0 Å². The Hall–Kier alpha value is -1.26. The average molecular weight is 291 g/mol. The highest BCUT2D eigenvalue weighted by molar-refractivity contribution is 5.45. The van der Waals surface area contributed by atoms with Crippen molar-refractivity contribution < 1.29 is 14.6 Å². The standard InChI is InChI=1S/C17H25NO3/c1-2-3-4-5-14-15-12-13(19)6-7-16(15)21-17(14)18-8-10-20-11-9-18/h6-7,12,14,17,19H,2-5,8-11H2,1H3/t14-,17+/m0/s1. The Morgan fingerprint density at radius 2 is 2.05 bits per heavy atom. The van der Waals surface area contributed by atoms with E-state index in [1.54, 1.807) is 6.07 Å². The van der Waals surface area contributed by atoms with E-state index < -0.39 is 0 Å². The minimum absolute atomic E-state index is 0.0996. The topological polar surface area (TPSA) is 41.9 Å². The fraction of sp³-hybridized carbons (Fsp3) is 0.647. The Morgan fingerprint density at radius 1 is 1.24 bits per heavy atom. The van der Waals surface area contributed by atoms with Crippen molar-refractivity contribution in [2.24, 2.45) is 0 Å². The van der Waals surface area contributed by atoms with E-state index in [1.807, 2.05) is 12.1 Å². The summed E-state index contributed by atoms with van der Waals surface area (Å²) in [6.07, 6.45) is 4.90. The molecule has 4 nitrogen and oxygen atoms in total. The van der Waals surface area contributed by atoms with E-state index >= 15 is 0 Å². The predicted octanol–water partition coefficient (Wildman–Crippen LogP) is 3.11. The monoisotopic (exact) mass is 291 g/mol. The number of nitrogens with zero attached hydrogens (tertiary/aromatic N) is 1. The van der Waals surface area contributed by atoms with Crippen LogP contribution in [0.5, 0.6) is 11.5 Å². The quantitative estimate of drug-likeness (QED) is 0.846. The lowest BCUT2D eigenvalue weighted by Crippen LogP contribution is -2.47. The van der Waals surface area contributed by atoms with E-state index in [4.69, 9.17) is 9.47 Å². The third-order valence-electron chi connectivity index (χ3n) is 4.51. The van der Waals surface area contributed by atoms with E-state index in [-0.39, 0.29) is 6.23 Å². The van der Waals surface area contributed by atoms with Crippen molar-refractivity contribution in [2.45, 2.75) is 44.8 Å². The van der Waals surface area contributed by atoms with Crippen LogP contribution in [0.2, 0.25) is 0 Å². The molecular formula is C17H25NO3. The molecule has 2 aliphatic rings. The van der Waals surface area contributed by atoms with Gasteiger partial charge in [-0.25, -0.2) is 0 Å². The second-order valence-corrected chi connectivity index (χ2v) is 5.98. The molecule has 116 valence electrons. The first-order chi connectivity index (χ1) is 10.3. The average Bonchev–Trinajstić information content (AvgIpc) is 2.87. The van der Waals surface area contributed by atoms with Crippen molar-refractivity contribution in [1.82, 2.24) is 4.90 Å². The first-order valence-electron chi connectivity index (χ1n) is 8.11. The van der Waals surface area contributed by atoms with Gasteiger partial charge in [0.25, 0.3) is 0 Å². The Labute approximate surface area is 126 Å². The van der Waals surface area contributed by atoms with Gasteiger partial charge in [0.2, 0.25) is 0 Å². The van der Waals surface area contributed by atoms with Gasteiger partial charge in [0.1, 0.15) is 11.5 Å². The molecule has 0 saturated carbocycles. The number of phenols is 1. The first kappa shape index (κ1) is 14.7. The molecule has 3 rings (SSSR count). The lowest BCUT2D eigenvalue weighted by molar-refractivity contribution is -0.0475. The molecule has 21 heavy (non-hydrogen) atoms. The molecule has 4 heteroatoms. The number of ether oxygens (including phenoxy) is 2. The van der Waals surface area contributed by atoms with Gasteiger partial charge in [-0.1, -0.05) is 26.2 Å². The zero-order chi connectivity index (χ0) is 14.7. The summed E-state index contributed by atoms with van der Waals surface area (Å²) in [5, 5.41) is 9.79. The van der Waals surface area contributed by atoms with Gasteiger partial charge in [0.15, 0.2) is 6.23 Å². The van der Waals surface area contributed by atoms with Crippen molar-refractivity contribution in [3.05, 3.63) is 23.8 Å². The van der Waals surface area contributed by atoms with Crippen LogP contribution in [0.3, 0.4) is 0 Å². The molecule has 0 amide bonds. The number of phenolic OH excluding ortho intramolecular Hbond substituents is 1. The third kappa shape index (κ3) is 3.16. The summed E-state index contributed by atoms with van der Waals surface area (Å²) in [6, 6.07) is 5.49. The van der Waals surface area contributed by atoms with Gasteiger partial charge in [0.05, 0.1) is 13.2 Å². The van der Waals surface area contributed by atoms with Crippen LogP contribution in [-0.2, 0) is 4.74 Å². The van der Waals surface area contributed by atoms with E-state index in [0.717, 1.165) is 38.5 Å². The number of benzene rings is 1. The maximum Gasteiger partial charge on any atom is 0.159 e. The highest BCUT2D eigenvalue weighted by atomic mass is 16.5. The molecule has 1 fully saturated rings. The Bertz CT molecular complexity index is 471. The highest BCUT2D eigenvalue weighted by Gasteiger charge is 2.38. The Kier molecular flexibility index (Phi) is 4.66. The summed E-state index contributed by atoms with van der Waals surface area (Å²) in [4.78, 5) is 2.39. The number of aromatic hydroxyl groups is 1. The molecule has 0 bridgehead atoms. The van der Waals surface area contributed by atoms with Crippen molar-refractivity contribution in [3.63, 3.8) is 0 Å². The van der Waals surface area contributed by atoms with Crippen LogP contribution in [0.1, 0.15) is 44.1 Å². The number of unbranched alkanes of at least 4 members (excludes halogenated alkanes) is 2. The summed E-state index contributed by atoms with van der Waals surface area (Å²) in [6.45, 7) is 5.64. The van der Waals surface area contributed by atoms with Crippen LogP contribution in [0.4, 0.5) is 0 Å². The molecule has 1 saturated heterocycles. The lowest BCUT2D eigenvalue weighted by atomic mass is 9.92. The molecule has 0 aliphatic carbocycles. The molecule has 1 aromatic carbocycles. The molecular weight excluding hydrogens is 266 g/mol. The highest BCUT2D eigenvalue weighted by Crippen LogP contribution is 2.43. The SMILES string of the molecule is CCCCC[C@H]1c2cc(O)ccc2O[C@H]1N1CCOCC1. The van der Waals surface area contributed by atoms with Crippen LogP contribution in [0.15, 0.2) is 18.2 Å². The van der Waals surface area contributed by atoms with Crippen LogP contribution in [0, 0.1) is 0 Å². The molecule has 1 N–H and O–H groups in total. The minimum atomic E-state index is 0.0996. The summed E-state index contributed by atoms with van der Waals surface area (Å²) < 4.78 is 11.7. The molecule has 2 heterocycles. The predicted molar refractivity (Wildman–Crippen MR) is 81.8 cm³/mol. The second-order valence-electron chi connectivity index (χ2n) is 5.98. The molecule has 0 radical (unpaired) electrons. The molecule has 2 atom stereocenters. The molecule has 2 aliphatic heterocycles. The van der Waals surface area contributed by atoms with Gasteiger partial charge in [-0.3, -0.25) is 4.90 Å². The van der Waals surface area contributed by atoms with Crippen molar-refractivity contribution in [2.75, 3.05) is 26.3 Å². The normalized spacial score (nSPS) is 25.6. The van der Waals surface area contributed by atoms with Gasteiger partial charge < -0.3 is 14.6 Å². The molecule has 1 aromatic rings. The number of morpholine rings is 1. The minimum Gasteiger partial charge on any atom is -0.508 e. The van der Waals surface area contributed by atoms with Crippen molar-refractivity contribution >= 4 is 0 Å². The Morgan fingerprint density at radius 3 is 2.81 bits per heavy atom. The maximum absolute atomic E-state index is 9.79. The van der Waals surface area contributed by atoms with Gasteiger partial charge in [-0.05, 0) is 24.6 Å². The van der Waals surface area contributed by atoms with E-state index in [9.17, 15) is 5.11 Å². The fourth-order valence-electron chi connectivity index (χ4n) is 3.37. The largest absolute Gasteiger partial charge is 0.508 e. The van der Waals surface area contributed by atoms with Crippen LogP contribution in [0.25, 0.3) is 0 Å². The van der Waals surface area contributed by atoms with Crippen LogP contribution >= 0.6 is 0 Å². The van der Waals surface area contributed by atoms with Gasteiger partial charge in [0, 0.05) is 24.6 Å². The summed E-state index contributed by atoms with van der Waals surface area (Å²) in [5.74, 6) is 1.63.